The molecule has 0 amide bonds. The predicted octanol–water partition coefficient (Wildman–Crippen LogP) is 3.09. The predicted molar refractivity (Wildman–Crippen MR) is 114 cm³/mol. The topological polar surface area (TPSA) is 83.2 Å². The number of nitrogens with one attached hydrogen (secondary N) is 1. The smallest absolute Gasteiger partial charge is 0.159 e. The van der Waals surface area contributed by atoms with Crippen molar-refractivity contribution in [2.45, 2.75) is 13.3 Å². The van der Waals surface area contributed by atoms with Gasteiger partial charge in [-0.2, -0.15) is 0 Å². The lowest BCUT2D eigenvalue weighted by molar-refractivity contribution is 0.642. The van der Waals surface area contributed by atoms with Crippen LogP contribution in [0.5, 0.6) is 0 Å². The lowest BCUT2D eigenvalue weighted by Crippen LogP contribution is -2.47. The molecule has 3 heterocycles. The first-order valence-electron chi connectivity index (χ1n) is 9.62. The molecule has 1 aliphatic heterocycles. The highest BCUT2D eigenvalue weighted by molar-refractivity contribution is 5.79. The number of hydrogen-bond donors (Lipinski definition) is 2. The fourth-order valence-electron chi connectivity index (χ4n) is 3.50. The highest BCUT2D eigenvalue weighted by Gasteiger charge is 2.22. The Hall–Kier alpha value is -3.35. The second-order valence-electron chi connectivity index (χ2n) is 6.76. The van der Waals surface area contributed by atoms with E-state index in [0.29, 0.717) is 11.5 Å². The highest BCUT2D eigenvalue weighted by Crippen LogP contribution is 2.30. The Morgan fingerprint density at radius 3 is 2.43 bits per heavy atom. The normalized spacial score (nSPS) is 14.2. The summed E-state index contributed by atoms with van der Waals surface area (Å²) in [5.74, 6) is 2.45. The zero-order valence-electron chi connectivity index (χ0n) is 16.0. The number of nitrogen functional groups attached to an aromatic ring is 1. The Bertz CT molecular complexity index is 921. The van der Waals surface area contributed by atoms with E-state index in [1.54, 1.807) is 6.33 Å². The standard InChI is InChI=1S/C21H25N7/c1-2-16-7-3-4-8-17(16)26-20-19(22)21(25-15-24-20)28-13-11-27(12-14-28)18-9-5-6-10-23-18/h3-10,15H,2,11-14,22H2,1H3,(H,24,25,26). The molecule has 0 saturated carbocycles. The lowest BCUT2D eigenvalue weighted by Gasteiger charge is -2.36. The molecule has 1 aromatic carbocycles. The number of aryl methyl sites for hydroxylation is 1. The van der Waals surface area contributed by atoms with Gasteiger partial charge in [0.2, 0.25) is 0 Å². The first kappa shape index (κ1) is 18.0. The van der Waals surface area contributed by atoms with Gasteiger partial charge in [-0.15, -0.1) is 0 Å². The molecule has 1 saturated heterocycles. The minimum atomic E-state index is 0.583. The molecular weight excluding hydrogens is 350 g/mol. The number of nitrogens with two attached hydrogens (primary N) is 1. The van der Waals surface area contributed by atoms with E-state index in [2.05, 4.69) is 43.1 Å². The molecule has 2 aromatic heterocycles. The van der Waals surface area contributed by atoms with Crippen LogP contribution in [0.4, 0.5) is 28.8 Å². The molecule has 144 valence electrons. The molecule has 1 fully saturated rings. The van der Waals surface area contributed by atoms with E-state index in [1.165, 1.54) is 5.56 Å². The first-order chi connectivity index (χ1) is 13.8. The summed E-state index contributed by atoms with van der Waals surface area (Å²) in [7, 11) is 0. The van der Waals surface area contributed by atoms with Crippen molar-refractivity contribution in [3.8, 4) is 0 Å². The molecule has 0 unspecified atom stereocenters. The minimum Gasteiger partial charge on any atom is -0.393 e. The maximum Gasteiger partial charge on any atom is 0.159 e. The van der Waals surface area contributed by atoms with Crippen LogP contribution in [0.15, 0.2) is 55.0 Å². The highest BCUT2D eigenvalue weighted by atomic mass is 15.3. The Kier molecular flexibility index (Phi) is 5.23. The van der Waals surface area contributed by atoms with Crippen molar-refractivity contribution in [2.75, 3.05) is 47.0 Å². The number of benzene rings is 1. The summed E-state index contributed by atoms with van der Waals surface area (Å²) < 4.78 is 0. The van der Waals surface area contributed by atoms with Crippen LogP contribution in [0.3, 0.4) is 0 Å². The monoisotopic (exact) mass is 375 g/mol. The van der Waals surface area contributed by atoms with Gasteiger partial charge in [0.15, 0.2) is 11.6 Å². The van der Waals surface area contributed by atoms with E-state index in [4.69, 9.17) is 5.73 Å². The molecule has 1 aliphatic rings. The van der Waals surface area contributed by atoms with Gasteiger partial charge in [-0.3, -0.25) is 0 Å². The van der Waals surface area contributed by atoms with Crippen molar-refractivity contribution < 1.29 is 0 Å². The molecule has 0 aliphatic carbocycles. The molecule has 3 N–H and O–H groups in total. The molecule has 7 nitrogen and oxygen atoms in total. The average Bonchev–Trinajstić information content (AvgIpc) is 2.76. The van der Waals surface area contributed by atoms with Crippen molar-refractivity contribution in [3.63, 3.8) is 0 Å². The quantitative estimate of drug-likeness (QED) is 0.709. The van der Waals surface area contributed by atoms with E-state index in [1.807, 2.05) is 42.6 Å². The van der Waals surface area contributed by atoms with Crippen LogP contribution in [0, 0.1) is 0 Å². The van der Waals surface area contributed by atoms with Gasteiger partial charge in [-0.25, -0.2) is 15.0 Å². The molecule has 0 atom stereocenters. The summed E-state index contributed by atoms with van der Waals surface area (Å²) in [4.78, 5) is 17.8. The third-order valence-corrected chi connectivity index (χ3v) is 5.07. The largest absolute Gasteiger partial charge is 0.393 e. The van der Waals surface area contributed by atoms with E-state index >= 15 is 0 Å². The fourth-order valence-corrected chi connectivity index (χ4v) is 3.50. The van der Waals surface area contributed by atoms with E-state index < -0.39 is 0 Å². The van der Waals surface area contributed by atoms with Crippen LogP contribution >= 0.6 is 0 Å². The Morgan fingerprint density at radius 1 is 0.929 bits per heavy atom. The van der Waals surface area contributed by atoms with E-state index in [-0.39, 0.29) is 0 Å². The van der Waals surface area contributed by atoms with Crippen LogP contribution in [-0.2, 0) is 6.42 Å². The Morgan fingerprint density at radius 2 is 1.68 bits per heavy atom. The number of rotatable bonds is 5. The van der Waals surface area contributed by atoms with Gasteiger partial charge >= 0.3 is 0 Å². The third-order valence-electron chi connectivity index (χ3n) is 5.07. The van der Waals surface area contributed by atoms with Gasteiger partial charge in [0.05, 0.1) is 0 Å². The maximum absolute atomic E-state index is 6.44. The van der Waals surface area contributed by atoms with Crippen LogP contribution in [0.2, 0.25) is 0 Å². The summed E-state index contributed by atoms with van der Waals surface area (Å²) in [6, 6.07) is 14.2. The van der Waals surface area contributed by atoms with E-state index in [0.717, 1.165) is 49.9 Å². The fraction of sp³-hybridized carbons (Fsp3) is 0.286. The summed E-state index contributed by atoms with van der Waals surface area (Å²) in [6.45, 7) is 5.56. The molecule has 3 aromatic rings. The van der Waals surface area contributed by atoms with E-state index in [9.17, 15) is 0 Å². The van der Waals surface area contributed by atoms with Gasteiger partial charge in [0.1, 0.15) is 17.8 Å². The molecule has 0 radical (unpaired) electrons. The van der Waals surface area contributed by atoms with Crippen molar-refractivity contribution in [1.29, 1.82) is 0 Å². The number of para-hydroxylation sites is 1. The van der Waals surface area contributed by atoms with Crippen molar-refractivity contribution in [1.82, 2.24) is 15.0 Å². The maximum atomic E-state index is 6.44. The summed E-state index contributed by atoms with van der Waals surface area (Å²) in [5, 5.41) is 3.38. The zero-order chi connectivity index (χ0) is 19.3. The Labute approximate surface area is 165 Å². The minimum absolute atomic E-state index is 0.583. The van der Waals surface area contributed by atoms with Crippen LogP contribution in [0.25, 0.3) is 0 Å². The van der Waals surface area contributed by atoms with Crippen molar-refractivity contribution >= 4 is 28.8 Å². The number of anilines is 5. The molecule has 0 spiro atoms. The molecule has 28 heavy (non-hydrogen) atoms. The number of aromatic nitrogens is 3. The van der Waals surface area contributed by atoms with Crippen molar-refractivity contribution in [3.05, 3.63) is 60.6 Å². The lowest BCUT2D eigenvalue weighted by atomic mass is 10.1. The SMILES string of the molecule is CCc1ccccc1Nc1ncnc(N2CCN(c3ccccn3)CC2)c1N. The zero-order valence-corrected chi connectivity index (χ0v) is 16.0. The van der Waals surface area contributed by atoms with Gasteiger partial charge in [0.25, 0.3) is 0 Å². The van der Waals surface area contributed by atoms with Gasteiger partial charge < -0.3 is 20.9 Å². The summed E-state index contributed by atoms with van der Waals surface area (Å²) in [5.41, 5.74) is 9.28. The number of hydrogen-bond acceptors (Lipinski definition) is 7. The first-order valence-corrected chi connectivity index (χ1v) is 9.62. The van der Waals surface area contributed by atoms with Crippen LogP contribution < -0.4 is 20.9 Å². The average molecular weight is 375 g/mol. The van der Waals surface area contributed by atoms with Crippen LogP contribution in [-0.4, -0.2) is 41.1 Å². The van der Waals surface area contributed by atoms with Gasteiger partial charge in [-0.05, 0) is 30.2 Å². The summed E-state index contributed by atoms with van der Waals surface area (Å²) >= 11 is 0. The van der Waals surface area contributed by atoms with Gasteiger partial charge in [-0.1, -0.05) is 31.2 Å². The molecule has 0 bridgehead atoms. The summed E-state index contributed by atoms with van der Waals surface area (Å²) in [6.07, 6.45) is 4.35. The number of pyridine rings is 1. The molecule has 4 rings (SSSR count). The molecule has 7 heteroatoms. The Balaban J connectivity index is 1.50. The number of nitrogens with zero attached hydrogens (tertiary/aromatic N) is 5. The van der Waals surface area contributed by atoms with Crippen LogP contribution in [0.1, 0.15) is 12.5 Å². The van der Waals surface area contributed by atoms with Gasteiger partial charge in [0, 0.05) is 38.1 Å². The molecular formula is C21H25N7. The number of piperazine rings is 1. The van der Waals surface area contributed by atoms with Crippen molar-refractivity contribution in [2.24, 2.45) is 0 Å². The third kappa shape index (κ3) is 3.69. The second kappa shape index (κ2) is 8.12. The second-order valence-corrected chi connectivity index (χ2v) is 6.76.